The maximum absolute atomic E-state index is 10.6. The van der Waals surface area contributed by atoms with E-state index in [1.165, 1.54) is 0 Å². The number of aliphatic carboxylic acids is 1. The van der Waals surface area contributed by atoms with Gasteiger partial charge in [-0.15, -0.1) is 0 Å². The molecule has 5 nitrogen and oxygen atoms in total. The number of hydrogen-bond acceptors (Lipinski definition) is 4. The van der Waals surface area contributed by atoms with Crippen molar-refractivity contribution in [1.82, 2.24) is 0 Å². The van der Waals surface area contributed by atoms with Crippen molar-refractivity contribution in [3.63, 3.8) is 0 Å². The zero-order valence-corrected chi connectivity index (χ0v) is 12.8. The SMILES string of the molecule is COc1ccc(C#N)c(NCCC(C)(C)CCC(=O)O)c1. The molecule has 0 saturated heterocycles. The fraction of sp³-hybridized carbons (Fsp3) is 0.500. The Kier molecular flexibility index (Phi) is 6.04. The number of benzene rings is 1. The van der Waals surface area contributed by atoms with Gasteiger partial charge in [-0.05, 0) is 30.4 Å². The van der Waals surface area contributed by atoms with Crippen molar-refractivity contribution in [2.75, 3.05) is 19.0 Å². The molecular formula is C16H22N2O3. The lowest BCUT2D eigenvalue weighted by Crippen LogP contribution is -2.18. The van der Waals surface area contributed by atoms with Crippen molar-refractivity contribution in [1.29, 1.82) is 5.26 Å². The molecule has 0 amide bonds. The van der Waals surface area contributed by atoms with Crippen molar-refractivity contribution in [3.05, 3.63) is 23.8 Å². The Balaban J connectivity index is 2.59. The first-order valence-corrected chi connectivity index (χ1v) is 6.92. The van der Waals surface area contributed by atoms with E-state index >= 15 is 0 Å². The second-order valence-electron chi connectivity index (χ2n) is 5.76. The lowest BCUT2D eigenvalue weighted by atomic mass is 9.84. The minimum Gasteiger partial charge on any atom is -0.497 e. The summed E-state index contributed by atoms with van der Waals surface area (Å²) in [6, 6.07) is 7.40. The average Bonchev–Trinajstić information content (AvgIpc) is 2.45. The number of carbonyl (C=O) groups is 1. The highest BCUT2D eigenvalue weighted by molar-refractivity contribution is 5.66. The van der Waals surface area contributed by atoms with Crippen LogP contribution in [0, 0.1) is 16.7 Å². The molecule has 0 atom stereocenters. The average molecular weight is 290 g/mol. The standard InChI is InChI=1S/C16H22N2O3/c1-16(2,7-6-15(19)20)8-9-18-14-10-13(21-3)5-4-12(14)11-17/h4-5,10,18H,6-9H2,1-3H3,(H,19,20). The molecule has 0 aromatic heterocycles. The highest BCUT2D eigenvalue weighted by Gasteiger charge is 2.19. The Morgan fingerprint density at radius 2 is 2.14 bits per heavy atom. The summed E-state index contributed by atoms with van der Waals surface area (Å²) in [4.78, 5) is 10.6. The molecule has 21 heavy (non-hydrogen) atoms. The third kappa shape index (κ3) is 5.74. The van der Waals surface area contributed by atoms with E-state index in [0.29, 0.717) is 24.3 Å². The predicted molar refractivity (Wildman–Crippen MR) is 81.5 cm³/mol. The van der Waals surface area contributed by atoms with Crippen LogP contribution < -0.4 is 10.1 Å². The number of hydrogen-bond donors (Lipinski definition) is 2. The van der Waals surface area contributed by atoms with E-state index < -0.39 is 5.97 Å². The van der Waals surface area contributed by atoms with Gasteiger partial charge < -0.3 is 15.2 Å². The molecule has 114 valence electrons. The van der Waals surface area contributed by atoms with Crippen LogP contribution in [0.4, 0.5) is 5.69 Å². The Morgan fingerprint density at radius 1 is 1.43 bits per heavy atom. The summed E-state index contributed by atoms with van der Waals surface area (Å²) in [7, 11) is 1.58. The Bertz CT molecular complexity index is 533. The van der Waals surface area contributed by atoms with Crippen LogP contribution in [-0.2, 0) is 4.79 Å². The molecule has 0 bridgehead atoms. The summed E-state index contributed by atoms with van der Waals surface area (Å²) < 4.78 is 5.15. The normalized spacial score (nSPS) is 10.8. The van der Waals surface area contributed by atoms with Crippen molar-refractivity contribution in [2.24, 2.45) is 5.41 Å². The summed E-state index contributed by atoms with van der Waals surface area (Å²) in [5.41, 5.74) is 1.25. The van der Waals surface area contributed by atoms with Crippen LogP contribution in [0.3, 0.4) is 0 Å². The molecule has 0 fully saturated rings. The molecule has 1 aromatic carbocycles. The highest BCUT2D eigenvalue weighted by Crippen LogP contribution is 2.28. The van der Waals surface area contributed by atoms with Crippen LogP contribution in [0.25, 0.3) is 0 Å². The minimum absolute atomic E-state index is 0.0585. The first-order valence-electron chi connectivity index (χ1n) is 6.92. The molecule has 5 heteroatoms. The zero-order valence-electron chi connectivity index (χ0n) is 12.8. The van der Waals surface area contributed by atoms with E-state index in [1.807, 2.05) is 0 Å². The van der Waals surface area contributed by atoms with Gasteiger partial charge in [0.25, 0.3) is 0 Å². The van der Waals surface area contributed by atoms with Crippen LogP contribution in [0.2, 0.25) is 0 Å². The molecule has 1 aromatic rings. The minimum atomic E-state index is -0.768. The largest absolute Gasteiger partial charge is 0.497 e. The van der Waals surface area contributed by atoms with E-state index in [9.17, 15) is 4.79 Å². The number of rotatable bonds is 8. The Hall–Kier alpha value is -2.22. The number of ether oxygens (including phenoxy) is 1. The van der Waals surface area contributed by atoms with E-state index in [4.69, 9.17) is 15.1 Å². The van der Waals surface area contributed by atoms with E-state index in [-0.39, 0.29) is 11.8 Å². The van der Waals surface area contributed by atoms with Gasteiger partial charge in [0.2, 0.25) is 0 Å². The quantitative estimate of drug-likeness (QED) is 0.768. The topological polar surface area (TPSA) is 82.3 Å². The lowest BCUT2D eigenvalue weighted by molar-refractivity contribution is -0.137. The second kappa shape index (κ2) is 7.53. The molecule has 0 heterocycles. The summed E-state index contributed by atoms with van der Waals surface area (Å²) in [6.07, 6.45) is 1.63. The molecule has 0 unspecified atom stereocenters. The number of anilines is 1. The molecule has 0 saturated carbocycles. The van der Waals surface area contributed by atoms with Gasteiger partial charge in [0.1, 0.15) is 11.8 Å². The van der Waals surface area contributed by atoms with Gasteiger partial charge in [0.15, 0.2) is 0 Å². The monoisotopic (exact) mass is 290 g/mol. The molecule has 1 rings (SSSR count). The molecule has 0 aliphatic heterocycles. The van der Waals surface area contributed by atoms with Crippen molar-refractivity contribution in [3.8, 4) is 11.8 Å². The van der Waals surface area contributed by atoms with Crippen molar-refractivity contribution < 1.29 is 14.6 Å². The molecule has 0 spiro atoms. The van der Waals surface area contributed by atoms with Crippen molar-refractivity contribution >= 4 is 11.7 Å². The van der Waals surface area contributed by atoms with Crippen LogP contribution in [0.5, 0.6) is 5.75 Å². The van der Waals surface area contributed by atoms with E-state index in [1.54, 1.807) is 25.3 Å². The van der Waals surface area contributed by atoms with Crippen molar-refractivity contribution in [2.45, 2.75) is 33.1 Å². The predicted octanol–water partition coefficient (Wildman–Crippen LogP) is 3.26. The first-order chi connectivity index (χ1) is 9.88. The number of nitrogens with one attached hydrogen (secondary N) is 1. The Labute approximate surface area is 125 Å². The maximum Gasteiger partial charge on any atom is 0.303 e. The molecular weight excluding hydrogens is 268 g/mol. The zero-order chi connectivity index (χ0) is 15.9. The molecule has 0 aliphatic carbocycles. The van der Waals surface area contributed by atoms with Crippen LogP contribution in [-0.4, -0.2) is 24.7 Å². The van der Waals surface area contributed by atoms with Gasteiger partial charge >= 0.3 is 5.97 Å². The molecule has 2 N–H and O–H groups in total. The summed E-state index contributed by atoms with van der Waals surface area (Å²) in [6.45, 7) is 4.78. The van der Waals surface area contributed by atoms with Gasteiger partial charge in [-0.25, -0.2) is 0 Å². The fourth-order valence-electron chi connectivity index (χ4n) is 2.00. The van der Waals surface area contributed by atoms with Crippen LogP contribution >= 0.6 is 0 Å². The van der Waals surface area contributed by atoms with Gasteiger partial charge in [0, 0.05) is 19.0 Å². The number of nitrogens with zero attached hydrogens (tertiary/aromatic N) is 1. The van der Waals surface area contributed by atoms with Gasteiger partial charge in [0.05, 0.1) is 18.4 Å². The van der Waals surface area contributed by atoms with E-state index in [2.05, 4.69) is 25.2 Å². The van der Waals surface area contributed by atoms with E-state index in [0.717, 1.165) is 12.1 Å². The number of nitriles is 1. The summed E-state index contributed by atoms with van der Waals surface area (Å²) in [5.74, 6) is -0.0720. The third-order valence-corrected chi connectivity index (χ3v) is 3.48. The Morgan fingerprint density at radius 3 is 2.71 bits per heavy atom. The van der Waals surface area contributed by atoms with Gasteiger partial charge in [-0.1, -0.05) is 13.8 Å². The van der Waals surface area contributed by atoms with Gasteiger partial charge in [-0.3, -0.25) is 4.79 Å². The maximum atomic E-state index is 10.6. The fourth-order valence-corrected chi connectivity index (χ4v) is 2.00. The summed E-state index contributed by atoms with van der Waals surface area (Å²) in [5, 5.41) is 21.1. The third-order valence-electron chi connectivity index (χ3n) is 3.48. The van der Waals surface area contributed by atoms with Crippen LogP contribution in [0.15, 0.2) is 18.2 Å². The smallest absolute Gasteiger partial charge is 0.303 e. The number of methoxy groups -OCH3 is 1. The summed E-state index contributed by atoms with van der Waals surface area (Å²) >= 11 is 0. The first kappa shape index (κ1) is 16.8. The second-order valence-corrected chi connectivity index (χ2v) is 5.76. The lowest BCUT2D eigenvalue weighted by Gasteiger charge is -2.24. The number of carboxylic acid groups (broad SMARTS) is 1. The van der Waals surface area contributed by atoms with Gasteiger partial charge in [-0.2, -0.15) is 5.26 Å². The molecule has 0 aliphatic rings. The molecule has 0 radical (unpaired) electrons. The number of carboxylic acids is 1. The highest BCUT2D eigenvalue weighted by atomic mass is 16.5. The van der Waals surface area contributed by atoms with Crippen LogP contribution in [0.1, 0.15) is 38.7 Å².